The van der Waals surface area contributed by atoms with Crippen molar-refractivity contribution in [3.63, 3.8) is 0 Å². The minimum atomic E-state index is 0.136. The van der Waals surface area contributed by atoms with Gasteiger partial charge in [-0.1, -0.05) is 12.1 Å². The van der Waals surface area contributed by atoms with Crippen LogP contribution in [-0.4, -0.2) is 56.2 Å². The van der Waals surface area contributed by atoms with E-state index in [0.29, 0.717) is 6.67 Å². The van der Waals surface area contributed by atoms with Crippen molar-refractivity contribution in [1.29, 1.82) is 0 Å². The number of hydrogen-bond acceptors (Lipinski definition) is 6. The van der Waals surface area contributed by atoms with Crippen molar-refractivity contribution in [2.45, 2.75) is 20.1 Å². The lowest BCUT2D eigenvalue weighted by atomic mass is 10.3. The van der Waals surface area contributed by atoms with Crippen molar-refractivity contribution in [2.75, 3.05) is 26.2 Å². The van der Waals surface area contributed by atoms with Gasteiger partial charge in [0.05, 0.1) is 16.4 Å². The van der Waals surface area contributed by atoms with Crippen LogP contribution in [0.2, 0.25) is 0 Å². The number of carbonyl (C=O) groups excluding carboxylic acids is 1. The van der Waals surface area contributed by atoms with Crippen LogP contribution in [0, 0.1) is 4.77 Å². The summed E-state index contributed by atoms with van der Waals surface area (Å²) >= 11 is 8.83. The number of amides is 1. The van der Waals surface area contributed by atoms with Gasteiger partial charge in [-0.05, 0) is 42.0 Å². The zero-order valence-corrected chi connectivity index (χ0v) is 17.5. The van der Waals surface area contributed by atoms with Gasteiger partial charge in [0, 0.05) is 32.7 Å². The SMILES string of the molecule is CCn1c(-c2cccs2)nn(CN2CCN(C(=O)c3cccs3)CC2)c1=S. The predicted octanol–water partition coefficient (Wildman–Crippen LogP) is 3.64. The van der Waals surface area contributed by atoms with Crippen LogP contribution in [0.25, 0.3) is 10.7 Å². The predicted molar refractivity (Wildman–Crippen MR) is 112 cm³/mol. The molecule has 1 aliphatic rings. The Bertz CT molecular complexity index is 950. The van der Waals surface area contributed by atoms with Gasteiger partial charge in [0.15, 0.2) is 10.6 Å². The van der Waals surface area contributed by atoms with E-state index in [4.69, 9.17) is 17.3 Å². The van der Waals surface area contributed by atoms with Crippen molar-refractivity contribution < 1.29 is 4.79 Å². The standard InChI is InChI=1S/C18H21N5OS3/c1-2-22-16(14-5-3-11-26-14)19-23(18(22)25)13-20-7-9-21(10-8-20)17(24)15-6-4-12-27-15/h3-6,11-12H,2,7-10,13H2,1H3. The van der Waals surface area contributed by atoms with Crippen molar-refractivity contribution >= 4 is 40.8 Å². The largest absolute Gasteiger partial charge is 0.335 e. The maximum absolute atomic E-state index is 12.5. The average molecular weight is 420 g/mol. The lowest BCUT2D eigenvalue weighted by Gasteiger charge is -2.34. The molecule has 0 unspecified atom stereocenters. The monoisotopic (exact) mass is 419 g/mol. The van der Waals surface area contributed by atoms with E-state index in [1.54, 1.807) is 11.3 Å². The van der Waals surface area contributed by atoms with E-state index in [1.807, 2.05) is 33.2 Å². The summed E-state index contributed by atoms with van der Waals surface area (Å²) in [4.78, 5) is 18.7. The maximum atomic E-state index is 12.5. The number of thiophene rings is 2. The molecule has 6 nitrogen and oxygen atoms in total. The number of rotatable bonds is 5. The fourth-order valence-electron chi connectivity index (χ4n) is 3.24. The molecule has 0 bridgehead atoms. The highest BCUT2D eigenvalue weighted by Crippen LogP contribution is 2.24. The Hall–Kier alpha value is -1.81. The summed E-state index contributed by atoms with van der Waals surface area (Å²) in [5.74, 6) is 1.07. The first-order valence-corrected chi connectivity index (χ1v) is 11.1. The number of nitrogens with zero attached hydrogens (tertiary/aromatic N) is 5. The van der Waals surface area contributed by atoms with Crippen molar-refractivity contribution in [2.24, 2.45) is 0 Å². The first-order valence-electron chi connectivity index (χ1n) is 8.94. The minimum Gasteiger partial charge on any atom is -0.335 e. The molecular formula is C18H21N5OS3. The van der Waals surface area contributed by atoms with Crippen LogP contribution in [-0.2, 0) is 13.2 Å². The lowest BCUT2D eigenvalue weighted by molar-refractivity contribution is 0.0589. The Morgan fingerprint density at radius 1 is 1.15 bits per heavy atom. The molecule has 0 aliphatic carbocycles. The highest BCUT2D eigenvalue weighted by atomic mass is 32.1. The summed E-state index contributed by atoms with van der Waals surface area (Å²) in [7, 11) is 0. The Labute approximate surface area is 171 Å². The molecule has 0 atom stereocenters. The Morgan fingerprint density at radius 3 is 2.52 bits per heavy atom. The second-order valence-electron chi connectivity index (χ2n) is 6.36. The highest BCUT2D eigenvalue weighted by molar-refractivity contribution is 7.71. The van der Waals surface area contributed by atoms with Crippen LogP contribution in [0.5, 0.6) is 0 Å². The molecule has 1 amide bonds. The van der Waals surface area contributed by atoms with Gasteiger partial charge in [-0.2, -0.15) is 0 Å². The van der Waals surface area contributed by atoms with E-state index in [2.05, 4.69) is 27.8 Å². The fourth-order valence-corrected chi connectivity index (χ4v) is 4.97. The number of piperazine rings is 1. The Balaban J connectivity index is 1.44. The van der Waals surface area contributed by atoms with Crippen molar-refractivity contribution in [3.8, 4) is 10.7 Å². The van der Waals surface area contributed by atoms with Gasteiger partial charge in [-0.3, -0.25) is 14.3 Å². The van der Waals surface area contributed by atoms with Gasteiger partial charge in [0.25, 0.3) is 5.91 Å². The van der Waals surface area contributed by atoms with Gasteiger partial charge >= 0.3 is 0 Å². The molecule has 1 fully saturated rings. The lowest BCUT2D eigenvalue weighted by Crippen LogP contribution is -2.48. The summed E-state index contributed by atoms with van der Waals surface area (Å²) in [6, 6.07) is 7.92. The van der Waals surface area contributed by atoms with E-state index in [9.17, 15) is 4.79 Å². The zero-order valence-electron chi connectivity index (χ0n) is 15.1. The number of aromatic nitrogens is 3. The van der Waals surface area contributed by atoms with Crippen molar-refractivity contribution in [3.05, 3.63) is 44.7 Å². The normalized spacial score (nSPS) is 15.4. The van der Waals surface area contributed by atoms with E-state index >= 15 is 0 Å². The van der Waals surface area contributed by atoms with Gasteiger partial charge in [0.2, 0.25) is 0 Å². The van der Waals surface area contributed by atoms with E-state index in [0.717, 1.165) is 53.1 Å². The van der Waals surface area contributed by atoms with Crippen LogP contribution < -0.4 is 0 Å². The minimum absolute atomic E-state index is 0.136. The third-order valence-corrected chi connectivity index (χ3v) is 6.86. The Morgan fingerprint density at radius 2 is 1.89 bits per heavy atom. The number of carbonyl (C=O) groups is 1. The van der Waals surface area contributed by atoms with Crippen LogP contribution >= 0.6 is 34.9 Å². The molecule has 0 aromatic carbocycles. The molecule has 1 saturated heterocycles. The molecule has 4 heterocycles. The number of hydrogen-bond donors (Lipinski definition) is 0. The maximum Gasteiger partial charge on any atom is 0.264 e. The Kier molecular flexibility index (Phi) is 5.53. The van der Waals surface area contributed by atoms with E-state index in [1.165, 1.54) is 11.3 Å². The van der Waals surface area contributed by atoms with E-state index in [-0.39, 0.29) is 5.91 Å². The summed E-state index contributed by atoms with van der Waals surface area (Å²) < 4.78 is 4.74. The molecule has 0 radical (unpaired) electrons. The molecular weight excluding hydrogens is 398 g/mol. The van der Waals surface area contributed by atoms with Crippen molar-refractivity contribution in [1.82, 2.24) is 24.1 Å². The molecule has 1 aliphatic heterocycles. The average Bonchev–Trinajstić information content (AvgIpc) is 3.44. The summed E-state index contributed by atoms with van der Waals surface area (Å²) in [6.07, 6.45) is 0. The second-order valence-corrected chi connectivity index (χ2v) is 8.62. The zero-order chi connectivity index (χ0) is 18.8. The van der Waals surface area contributed by atoms with Crippen LogP contribution in [0.4, 0.5) is 0 Å². The topological polar surface area (TPSA) is 46.3 Å². The molecule has 4 rings (SSSR count). The first-order chi connectivity index (χ1) is 13.2. The first kappa shape index (κ1) is 18.5. The second kappa shape index (κ2) is 8.05. The van der Waals surface area contributed by atoms with Crippen LogP contribution in [0.15, 0.2) is 35.0 Å². The third-order valence-electron chi connectivity index (χ3n) is 4.71. The van der Waals surface area contributed by atoms with Crippen LogP contribution in [0.3, 0.4) is 0 Å². The molecule has 142 valence electrons. The van der Waals surface area contributed by atoms with Gasteiger partial charge < -0.3 is 4.90 Å². The molecule has 3 aromatic rings. The molecule has 3 aromatic heterocycles. The summed E-state index contributed by atoms with van der Waals surface area (Å²) in [5, 5.41) is 8.78. The third kappa shape index (κ3) is 3.77. The van der Waals surface area contributed by atoms with Gasteiger partial charge in [-0.25, -0.2) is 4.68 Å². The van der Waals surface area contributed by atoms with E-state index < -0.39 is 0 Å². The highest BCUT2D eigenvalue weighted by Gasteiger charge is 2.23. The molecule has 0 saturated carbocycles. The summed E-state index contributed by atoms with van der Waals surface area (Å²) in [5.41, 5.74) is 0. The smallest absolute Gasteiger partial charge is 0.264 e. The summed E-state index contributed by atoms with van der Waals surface area (Å²) in [6.45, 7) is 6.67. The van der Waals surface area contributed by atoms with Gasteiger partial charge in [-0.15, -0.1) is 27.8 Å². The molecule has 27 heavy (non-hydrogen) atoms. The fraction of sp³-hybridized carbons (Fsp3) is 0.389. The van der Waals surface area contributed by atoms with Gasteiger partial charge in [0.1, 0.15) is 0 Å². The quantitative estimate of drug-likeness (QED) is 0.593. The molecule has 0 N–H and O–H groups in total. The van der Waals surface area contributed by atoms with Crippen LogP contribution in [0.1, 0.15) is 16.6 Å². The molecule has 9 heteroatoms. The molecule has 0 spiro atoms.